The van der Waals surface area contributed by atoms with Crippen LogP contribution in [0.3, 0.4) is 0 Å². The van der Waals surface area contributed by atoms with Gasteiger partial charge in [-0.2, -0.15) is 15.3 Å². The quantitative estimate of drug-likeness (QED) is 0.123. The van der Waals surface area contributed by atoms with Gasteiger partial charge in [0.25, 0.3) is 5.91 Å². The third-order valence-corrected chi connectivity index (χ3v) is 4.62. The van der Waals surface area contributed by atoms with Crippen LogP contribution >= 0.6 is 0 Å². The minimum Gasteiger partial charge on any atom is -0.484 e. The zero-order chi connectivity index (χ0) is 28.2. The number of ether oxygens (including phenoxy) is 1. The predicted octanol–water partition coefficient (Wildman–Crippen LogP) is -0.304. The zero-order valence-corrected chi connectivity index (χ0v) is 21.2. The molecule has 0 saturated heterocycles. The molecule has 0 aliphatic heterocycles. The van der Waals surface area contributed by atoms with E-state index in [1.165, 1.54) is 0 Å². The molecule has 2 aromatic rings. The van der Waals surface area contributed by atoms with Crippen LogP contribution in [-0.2, 0) is 4.79 Å². The Kier molecular flexibility index (Phi) is 10.3. The van der Waals surface area contributed by atoms with Gasteiger partial charge in [-0.05, 0) is 51.1 Å². The SMILES string of the molecule is C/C(=N/N=C(N)N)c1cccc(OCC(=O)Nc2cc(/C(C)=N\N=C(N)N)cc(/C(C)=N/N=C(N)N)c2)c1. The summed E-state index contributed by atoms with van der Waals surface area (Å²) >= 11 is 0. The van der Waals surface area contributed by atoms with E-state index >= 15 is 0 Å². The summed E-state index contributed by atoms with van der Waals surface area (Å²) in [5.74, 6) is -0.512. The summed E-state index contributed by atoms with van der Waals surface area (Å²) in [6.07, 6.45) is 0. The first-order chi connectivity index (χ1) is 17.9. The number of guanidine groups is 3. The molecule has 0 atom stereocenters. The van der Waals surface area contributed by atoms with Crippen LogP contribution in [0.5, 0.6) is 5.75 Å². The summed E-state index contributed by atoms with van der Waals surface area (Å²) in [7, 11) is 0. The fourth-order valence-electron chi connectivity index (χ4n) is 2.85. The monoisotopic (exact) mass is 521 g/mol. The molecule has 0 saturated carbocycles. The number of nitrogens with one attached hydrogen (secondary N) is 1. The van der Waals surface area contributed by atoms with Gasteiger partial charge in [-0.25, -0.2) is 0 Å². The zero-order valence-electron chi connectivity index (χ0n) is 21.2. The lowest BCUT2D eigenvalue weighted by Crippen LogP contribution is -2.22. The van der Waals surface area contributed by atoms with Gasteiger partial charge in [0.2, 0.25) is 17.9 Å². The van der Waals surface area contributed by atoms with Crippen molar-refractivity contribution < 1.29 is 9.53 Å². The summed E-state index contributed by atoms with van der Waals surface area (Å²) in [6.45, 7) is 4.87. The number of rotatable bonds is 10. The van der Waals surface area contributed by atoms with Crippen LogP contribution in [0.25, 0.3) is 0 Å². The van der Waals surface area contributed by atoms with Gasteiger partial charge in [-0.15, -0.1) is 15.3 Å². The van der Waals surface area contributed by atoms with Crippen molar-refractivity contribution in [2.24, 2.45) is 65.0 Å². The Labute approximate surface area is 219 Å². The van der Waals surface area contributed by atoms with Crippen molar-refractivity contribution in [2.45, 2.75) is 20.8 Å². The molecule has 38 heavy (non-hydrogen) atoms. The molecule has 2 aromatic carbocycles. The second kappa shape index (κ2) is 13.6. The van der Waals surface area contributed by atoms with Crippen molar-refractivity contribution in [2.75, 3.05) is 11.9 Å². The number of hydrogen-bond acceptors (Lipinski definition) is 8. The van der Waals surface area contributed by atoms with Crippen LogP contribution in [0, 0.1) is 0 Å². The van der Waals surface area contributed by atoms with Crippen molar-refractivity contribution in [1.82, 2.24) is 0 Å². The van der Waals surface area contributed by atoms with Gasteiger partial charge < -0.3 is 44.5 Å². The highest BCUT2D eigenvalue weighted by molar-refractivity contribution is 6.06. The Balaban J connectivity index is 2.26. The molecule has 0 spiro atoms. The Morgan fingerprint density at radius 1 is 0.684 bits per heavy atom. The molecular formula is C23H31N13O2. The first kappa shape index (κ1) is 28.8. The number of carbonyl (C=O) groups is 1. The maximum absolute atomic E-state index is 12.7. The number of benzene rings is 2. The standard InChI is InChI=1S/C23H31N13O2/c1-12(31-34-21(24)25)15-5-4-6-19(10-15)38-11-20(37)30-18-8-16(13(2)32-35-22(26)27)7-17(9-18)14(3)33-36-23(28)29/h4-10H,11H2,1-3H3,(H,30,37)(H4,24,25,34)(H4,26,27,35)(H4,28,29,36)/b31-12-,32-13-,33-14+. The Bertz CT molecular complexity index is 1290. The van der Waals surface area contributed by atoms with E-state index in [9.17, 15) is 4.79 Å². The molecule has 0 unspecified atom stereocenters. The van der Waals surface area contributed by atoms with E-state index < -0.39 is 5.91 Å². The van der Waals surface area contributed by atoms with Gasteiger partial charge in [0.1, 0.15) is 5.75 Å². The van der Waals surface area contributed by atoms with Crippen molar-refractivity contribution >= 4 is 46.6 Å². The van der Waals surface area contributed by atoms with E-state index in [1.807, 2.05) is 0 Å². The molecule has 0 fully saturated rings. The average molecular weight is 522 g/mol. The molecule has 0 aliphatic rings. The highest BCUT2D eigenvalue weighted by atomic mass is 16.5. The van der Waals surface area contributed by atoms with Gasteiger partial charge in [-0.3, -0.25) is 4.79 Å². The summed E-state index contributed by atoms with van der Waals surface area (Å²) in [5, 5.41) is 25.7. The molecule has 13 N–H and O–H groups in total. The first-order valence-electron chi connectivity index (χ1n) is 11.0. The van der Waals surface area contributed by atoms with E-state index in [0.717, 1.165) is 5.56 Å². The molecule has 2 rings (SSSR count). The topological polar surface area (TPSA) is 269 Å². The van der Waals surface area contributed by atoms with Crippen molar-refractivity contribution in [3.8, 4) is 5.75 Å². The lowest BCUT2D eigenvalue weighted by Gasteiger charge is -2.12. The highest BCUT2D eigenvalue weighted by Crippen LogP contribution is 2.18. The second-order valence-corrected chi connectivity index (χ2v) is 7.79. The van der Waals surface area contributed by atoms with E-state index in [0.29, 0.717) is 39.7 Å². The maximum Gasteiger partial charge on any atom is 0.262 e. The molecule has 0 bridgehead atoms. The van der Waals surface area contributed by atoms with Gasteiger partial charge in [0, 0.05) is 22.4 Å². The number of nitrogens with zero attached hydrogens (tertiary/aromatic N) is 6. The molecular weight excluding hydrogens is 490 g/mol. The van der Waals surface area contributed by atoms with Crippen molar-refractivity contribution in [3.05, 3.63) is 59.2 Å². The van der Waals surface area contributed by atoms with Gasteiger partial charge in [0.05, 0.1) is 17.1 Å². The van der Waals surface area contributed by atoms with Crippen LogP contribution in [-0.4, -0.2) is 47.5 Å². The fourth-order valence-corrected chi connectivity index (χ4v) is 2.85. The Hall–Kier alpha value is -5.47. The minimum absolute atomic E-state index is 0.156. The lowest BCUT2D eigenvalue weighted by molar-refractivity contribution is -0.118. The summed E-state index contributed by atoms with van der Waals surface area (Å²) in [6, 6.07) is 12.1. The molecule has 15 nitrogen and oxygen atoms in total. The normalized spacial score (nSPS) is 11.8. The predicted molar refractivity (Wildman–Crippen MR) is 151 cm³/mol. The number of anilines is 1. The summed E-state index contributed by atoms with van der Waals surface area (Å²) in [5.41, 5.74) is 36.0. The van der Waals surface area contributed by atoms with Crippen LogP contribution in [0.1, 0.15) is 37.5 Å². The largest absolute Gasteiger partial charge is 0.484 e. The number of nitrogens with two attached hydrogens (primary N) is 6. The van der Waals surface area contributed by atoms with Crippen LogP contribution in [0.4, 0.5) is 5.69 Å². The van der Waals surface area contributed by atoms with Crippen LogP contribution in [0.2, 0.25) is 0 Å². The summed E-state index contributed by atoms with van der Waals surface area (Å²) < 4.78 is 5.65. The molecule has 1 amide bonds. The third kappa shape index (κ3) is 9.65. The van der Waals surface area contributed by atoms with Crippen LogP contribution in [0.15, 0.2) is 73.1 Å². The van der Waals surface area contributed by atoms with E-state index in [-0.39, 0.29) is 24.5 Å². The molecule has 200 valence electrons. The van der Waals surface area contributed by atoms with Crippen molar-refractivity contribution in [3.63, 3.8) is 0 Å². The highest BCUT2D eigenvalue weighted by Gasteiger charge is 2.11. The smallest absolute Gasteiger partial charge is 0.262 e. The Morgan fingerprint density at radius 3 is 1.63 bits per heavy atom. The number of carbonyl (C=O) groups excluding carboxylic acids is 1. The molecule has 0 aromatic heterocycles. The summed E-state index contributed by atoms with van der Waals surface area (Å²) in [4.78, 5) is 12.7. The van der Waals surface area contributed by atoms with Crippen LogP contribution < -0.4 is 44.5 Å². The minimum atomic E-state index is -0.415. The first-order valence-corrected chi connectivity index (χ1v) is 11.0. The average Bonchev–Trinajstić information content (AvgIpc) is 2.87. The second-order valence-electron chi connectivity index (χ2n) is 7.79. The van der Waals surface area contributed by atoms with Crippen molar-refractivity contribution in [1.29, 1.82) is 0 Å². The van der Waals surface area contributed by atoms with Gasteiger partial charge in [0.15, 0.2) is 6.61 Å². The lowest BCUT2D eigenvalue weighted by atomic mass is 10.0. The van der Waals surface area contributed by atoms with Gasteiger partial charge in [-0.1, -0.05) is 12.1 Å². The number of amides is 1. The molecule has 0 heterocycles. The van der Waals surface area contributed by atoms with Gasteiger partial charge >= 0.3 is 0 Å². The van der Waals surface area contributed by atoms with E-state index in [2.05, 4.69) is 35.9 Å². The maximum atomic E-state index is 12.7. The number of hydrogen-bond donors (Lipinski definition) is 7. The Morgan fingerprint density at radius 2 is 1.16 bits per heavy atom. The fraction of sp³-hybridized carbons (Fsp3) is 0.174. The molecule has 0 aliphatic carbocycles. The third-order valence-electron chi connectivity index (χ3n) is 4.62. The molecule has 15 heteroatoms. The molecule has 0 radical (unpaired) electrons. The van der Waals surface area contributed by atoms with E-state index in [4.69, 9.17) is 39.1 Å². The van der Waals surface area contributed by atoms with E-state index in [1.54, 1.807) is 63.2 Å².